The summed E-state index contributed by atoms with van der Waals surface area (Å²) in [5, 5.41) is 5.73. The Morgan fingerprint density at radius 2 is 1.78 bits per heavy atom. The average molecular weight is 472 g/mol. The van der Waals surface area contributed by atoms with E-state index in [2.05, 4.69) is 15.6 Å². The zero-order valence-corrected chi connectivity index (χ0v) is 19.3. The number of hydrogen-bond donors (Lipinski definition) is 2. The third-order valence-electron chi connectivity index (χ3n) is 4.40. The number of ether oxygens (including phenoxy) is 2. The van der Waals surface area contributed by atoms with Crippen LogP contribution < -0.4 is 20.1 Å². The van der Waals surface area contributed by atoms with Crippen molar-refractivity contribution in [3.05, 3.63) is 71.4 Å². The van der Waals surface area contributed by atoms with Crippen molar-refractivity contribution in [2.75, 3.05) is 24.9 Å². The van der Waals surface area contributed by atoms with E-state index in [4.69, 9.17) is 21.1 Å². The van der Waals surface area contributed by atoms with Gasteiger partial charge in [0, 0.05) is 22.3 Å². The molecule has 0 aliphatic rings. The predicted molar refractivity (Wildman–Crippen MR) is 127 cm³/mol. The van der Waals surface area contributed by atoms with Crippen molar-refractivity contribution in [1.82, 2.24) is 4.98 Å². The highest BCUT2D eigenvalue weighted by Gasteiger charge is 2.16. The van der Waals surface area contributed by atoms with E-state index in [1.165, 1.54) is 32.2 Å². The lowest BCUT2D eigenvalue weighted by Gasteiger charge is -2.13. The molecule has 1 unspecified atom stereocenters. The Morgan fingerprint density at radius 3 is 2.47 bits per heavy atom. The molecule has 0 aliphatic heterocycles. The number of amides is 2. The van der Waals surface area contributed by atoms with E-state index in [1.807, 2.05) is 18.2 Å². The summed E-state index contributed by atoms with van der Waals surface area (Å²) in [6, 6.07) is 15.5. The topological polar surface area (TPSA) is 89.5 Å². The standard InChI is InChI=1S/C23H22ClN3O4S/c1-14(22(28)27-21-10-8-16(24)13-25-21)32-18-6-4-5-17(12-18)26-23(29)15-7-9-19(30-2)20(11-15)31-3/h4-14H,1-3H3,(H,26,29)(H,25,27,28). The molecule has 2 amide bonds. The second kappa shape index (κ2) is 10.9. The minimum absolute atomic E-state index is 0.190. The van der Waals surface area contributed by atoms with Crippen molar-refractivity contribution in [2.24, 2.45) is 0 Å². The first-order valence-electron chi connectivity index (χ1n) is 9.62. The number of nitrogens with zero attached hydrogens (tertiary/aromatic N) is 1. The Kier molecular flexibility index (Phi) is 7.97. The van der Waals surface area contributed by atoms with Crippen LogP contribution in [-0.2, 0) is 4.79 Å². The fourth-order valence-corrected chi connectivity index (χ4v) is 3.80. The molecular formula is C23H22ClN3O4S. The van der Waals surface area contributed by atoms with E-state index in [1.54, 1.807) is 43.3 Å². The zero-order chi connectivity index (χ0) is 23.1. The van der Waals surface area contributed by atoms with Gasteiger partial charge in [-0.1, -0.05) is 17.7 Å². The molecule has 1 heterocycles. The number of methoxy groups -OCH3 is 2. The second-order valence-corrected chi connectivity index (χ2v) is 8.51. The predicted octanol–water partition coefficient (Wildman–Crippen LogP) is 5.12. The van der Waals surface area contributed by atoms with E-state index in [9.17, 15) is 9.59 Å². The van der Waals surface area contributed by atoms with Gasteiger partial charge in [0.25, 0.3) is 5.91 Å². The quantitative estimate of drug-likeness (QED) is 0.443. The first-order valence-corrected chi connectivity index (χ1v) is 10.9. The van der Waals surface area contributed by atoms with Crippen LogP contribution in [0.25, 0.3) is 0 Å². The maximum Gasteiger partial charge on any atom is 0.255 e. The summed E-state index contributed by atoms with van der Waals surface area (Å²) in [6.07, 6.45) is 1.47. The number of aromatic nitrogens is 1. The molecule has 32 heavy (non-hydrogen) atoms. The van der Waals surface area contributed by atoms with Crippen LogP contribution in [0, 0.1) is 0 Å². The molecular weight excluding hydrogens is 450 g/mol. The first kappa shape index (κ1) is 23.4. The molecule has 0 bridgehead atoms. The summed E-state index contributed by atoms with van der Waals surface area (Å²) >= 11 is 7.18. The Bertz CT molecular complexity index is 1110. The van der Waals surface area contributed by atoms with Gasteiger partial charge in [-0.15, -0.1) is 11.8 Å². The van der Waals surface area contributed by atoms with E-state index in [-0.39, 0.29) is 17.1 Å². The Morgan fingerprint density at radius 1 is 1.00 bits per heavy atom. The van der Waals surface area contributed by atoms with E-state index in [0.29, 0.717) is 33.6 Å². The number of nitrogens with one attached hydrogen (secondary N) is 2. The minimum Gasteiger partial charge on any atom is -0.493 e. The molecule has 0 saturated carbocycles. The molecule has 3 rings (SSSR count). The lowest BCUT2D eigenvalue weighted by Crippen LogP contribution is -2.22. The van der Waals surface area contributed by atoms with Crippen LogP contribution in [0.3, 0.4) is 0 Å². The van der Waals surface area contributed by atoms with Gasteiger partial charge in [-0.3, -0.25) is 9.59 Å². The number of rotatable bonds is 8. The van der Waals surface area contributed by atoms with Crippen LogP contribution in [0.2, 0.25) is 5.02 Å². The van der Waals surface area contributed by atoms with Gasteiger partial charge in [0.15, 0.2) is 11.5 Å². The van der Waals surface area contributed by atoms with Crippen LogP contribution in [0.5, 0.6) is 11.5 Å². The monoisotopic (exact) mass is 471 g/mol. The zero-order valence-electron chi connectivity index (χ0n) is 17.7. The molecule has 9 heteroatoms. The number of carbonyl (C=O) groups is 2. The van der Waals surface area contributed by atoms with Crippen molar-refractivity contribution in [3.63, 3.8) is 0 Å². The number of benzene rings is 2. The molecule has 1 atom stereocenters. The van der Waals surface area contributed by atoms with Crippen LogP contribution in [-0.4, -0.2) is 36.3 Å². The maximum absolute atomic E-state index is 12.7. The largest absolute Gasteiger partial charge is 0.493 e. The maximum atomic E-state index is 12.7. The highest BCUT2D eigenvalue weighted by Crippen LogP contribution is 2.29. The van der Waals surface area contributed by atoms with Gasteiger partial charge in [0.2, 0.25) is 5.91 Å². The summed E-state index contributed by atoms with van der Waals surface area (Å²) in [5.74, 6) is 0.975. The van der Waals surface area contributed by atoms with Gasteiger partial charge in [0.05, 0.1) is 24.5 Å². The van der Waals surface area contributed by atoms with Crippen molar-refractivity contribution in [1.29, 1.82) is 0 Å². The van der Waals surface area contributed by atoms with Gasteiger partial charge in [-0.25, -0.2) is 4.98 Å². The number of anilines is 2. The van der Waals surface area contributed by atoms with Crippen LogP contribution >= 0.6 is 23.4 Å². The van der Waals surface area contributed by atoms with E-state index >= 15 is 0 Å². The molecule has 1 aromatic heterocycles. The van der Waals surface area contributed by atoms with E-state index in [0.717, 1.165) is 4.90 Å². The lowest BCUT2D eigenvalue weighted by molar-refractivity contribution is -0.115. The first-order chi connectivity index (χ1) is 15.4. The van der Waals surface area contributed by atoms with Gasteiger partial charge in [-0.2, -0.15) is 0 Å². The van der Waals surface area contributed by atoms with Crippen LogP contribution in [0.1, 0.15) is 17.3 Å². The summed E-state index contributed by atoms with van der Waals surface area (Å²) in [4.78, 5) is 30.0. The van der Waals surface area contributed by atoms with Crippen LogP contribution in [0.15, 0.2) is 65.7 Å². The van der Waals surface area contributed by atoms with Gasteiger partial charge in [0.1, 0.15) is 5.82 Å². The third-order valence-corrected chi connectivity index (χ3v) is 5.72. The number of pyridine rings is 1. The van der Waals surface area contributed by atoms with Crippen molar-refractivity contribution < 1.29 is 19.1 Å². The van der Waals surface area contributed by atoms with Gasteiger partial charge >= 0.3 is 0 Å². The van der Waals surface area contributed by atoms with Gasteiger partial charge in [-0.05, 0) is 55.5 Å². The molecule has 0 radical (unpaired) electrons. The lowest BCUT2D eigenvalue weighted by atomic mass is 10.2. The molecule has 0 spiro atoms. The van der Waals surface area contributed by atoms with Crippen molar-refractivity contribution in [3.8, 4) is 11.5 Å². The SMILES string of the molecule is COc1ccc(C(=O)Nc2cccc(SC(C)C(=O)Nc3ccc(Cl)cn3)c2)cc1OC. The van der Waals surface area contributed by atoms with E-state index < -0.39 is 0 Å². The Labute approximate surface area is 195 Å². The average Bonchev–Trinajstić information content (AvgIpc) is 2.80. The molecule has 0 saturated heterocycles. The fourth-order valence-electron chi connectivity index (χ4n) is 2.76. The molecule has 7 nitrogen and oxygen atoms in total. The molecule has 2 N–H and O–H groups in total. The minimum atomic E-state index is -0.385. The Hall–Kier alpha value is -3.23. The smallest absolute Gasteiger partial charge is 0.255 e. The normalized spacial score (nSPS) is 11.4. The number of hydrogen-bond acceptors (Lipinski definition) is 6. The Balaban J connectivity index is 1.64. The fraction of sp³-hybridized carbons (Fsp3) is 0.174. The van der Waals surface area contributed by atoms with Gasteiger partial charge < -0.3 is 20.1 Å². The number of carbonyl (C=O) groups excluding carboxylic acids is 2. The second-order valence-electron chi connectivity index (χ2n) is 6.66. The highest BCUT2D eigenvalue weighted by atomic mass is 35.5. The number of halogens is 1. The third kappa shape index (κ3) is 6.15. The summed E-state index contributed by atoms with van der Waals surface area (Å²) in [7, 11) is 3.05. The number of thioether (sulfide) groups is 1. The summed E-state index contributed by atoms with van der Waals surface area (Å²) < 4.78 is 10.5. The molecule has 166 valence electrons. The molecule has 3 aromatic rings. The highest BCUT2D eigenvalue weighted by molar-refractivity contribution is 8.00. The molecule has 0 fully saturated rings. The van der Waals surface area contributed by atoms with Crippen molar-refractivity contribution in [2.45, 2.75) is 17.1 Å². The molecule has 2 aromatic carbocycles. The molecule has 0 aliphatic carbocycles. The van der Waals surface area contributed by atoms with Crippen molar-refractivity contribution >= 4 is 46.7 Å². The summed E-state index contributed by atoms with van der Waals surface area (Å²) in [5.41, 5.74) is 1.05. The summed E-state index contributed by atoms with van der Waals surface area (Å²) in [6.45, 7) is 1.80. The van der Waals surface area contributed by atoms with Crippen LogP contribution in [0.4, 0.5) is 11.5 Å².